The lowest BCUT2D eigenvalue weighted by Gasteiger charge is -2.22. The van der Waals surface area contributed by atoms with Crippen LogP contribution in [0.25, 0.3) is 0 Å². The van der Waals surface area contributed by atoms with Gasteiger partial charge in [-0.3, -0.25) is 4.79 Å². The maximum atomic E-state index is 12.3. The molecule has 2 aromatic carbocycles. The molecule has 0 fully saturated rings. The predicted octanol–water partition coefficient (Wildman–Crippen LogP) is 3.61. The monoisotopic (exact) mass is 327 g/mol. The summed E-state index contributed by atoms with van der Waals surface area (Å²) in [5.74, 6) is 1.44. The predicted molar refractivity (Wildman–Crippen MR) is 95.6 cm³/mol. The zero-order chi connectivity index (χ0) is 17.5. The van der Waals surface area contributed by atoms with E-state index in [4.69, 9.17) is 9.47 Å². The van der Waals surface area contributed by atoms with Gasteiger partial charge >= 0.3 is 0 Å². The zero-order valence-corrected chi connectivity index (χ0v) is 14.8. The van der Waals surface area contributed by atoms with Crippen molar-refractivity contribution in [2.75, 3.05) is 20.2 Å². The van der Waals surface area contributed by atoms with Crippen LogP contribution in [-0.4, -0.2) is 37.1 Å². The molecule has 4 heteroatoms. The number of likely N-dealkylation sites (N-methyl/N-ethyl adjacent to an activating group) is 1. The number of hydrogen-bond acceptors (Lipinski definition) is 3. The van der Waals surface area contributed by atoms with Gasteiger partial charge in [0, 0.05) is 7.05 Å². The molecule has 0 heterocycles. The van der Waals surface area contributed by atoms with Crippen LogP contribution in [0.4, 0.5) is 0 Å². The van der Waals surface area contributed by atoms with E-state index in [1.807, 2.05) is 62.4 Å². The van der Waals surface area contributed by atoms with Crippen molar-refractivity contribution < 1.29 is 14.3 Å². The minimum absolute atomic E-state index is 0.0666. The van der Waals surface area contributed by atoms with Crippen molar-refractivity contribution in [3.8, 4) is 11.5 Å². The summed E-state index contributed by atoms with van der Waals surface area (Å²) >= 11 is 0. The Labute approximate surface area is 144 Å². The highest BCUT2D eigenvalue weighted by molar-refractivity contribution is 5.80. The summed E-state index contributed by atoms with van der Waals surface area (Å²) in [6.45, 7) is 6.77. The first-order valence-corrected chi connectivity index (χ1v) is 8.13. The Balaban J connectivity index is 1.78. The van der Waals surface area contributed by atoms with Crippen LogP contribution in [0, 0.1) is 13.8 Å². The Bertz CT molecular complexity index is 650. The second kappa shape index (κ2) is 8.39. The van der Waals surface area contributed by atoms with Crippen molar-refractivity contribution >= 4 is 5.91 Å². The summed E-state index contributed by atoms with van der Waals surface area (Å²) in [5.41, 5.74) is 2.35. The van der Waals surface area contributed by atoms with Crippen LogP contribution >= 0.6 is 0 Å². The standard InChI is InChI=1S/C20H25NO3/c1-15-5-9-18(10-6-15)23-14-13-21(4)20(22)17(3)24-19-11-7-16(2)8-12-19/h5-12,17H,13-14H2,1-4H3. The van der Waals surface area contributed by atoms with Gasteiger partial charge in [0.2, 0.25) is 0 Å². The molecule has 24 heavy (non-hydrogen) atoms. The Morgan fingerprint density at radius 3 is 2.00 bits per heavy atom. The van der Waals surface area contributed by atoms with Crippen LogP contribution in [0.15, 0.2) is 48.5 Å². The highest BCUT2D eigenvalue weighted by atomic mass is 16.5. The van der Waals surface area contributed by atoms with Gasteiger partial charge in [0.05, 0.1) is 6.54 Å². The minimum Gasteiger partial charge on any atom is -0.492 e. The van der Waals surface area contributed by atoms with Crippen LogP contribution < -0.4 is 9.47 Å². The van der Waals surface area contributed by atoms with E-state index < -0.39 is 6.10 Å². The molecule has 0 spiro atoms. The van der Waals surface area contributed by atoms with Crippen LogP contribution in [0.1, 0.15) is 18.1 Å². The average Bonchev–Trinajstić information content (AvgIpc) is 2.58. The smallest absolute Gasteiger partial charge is 0.263 e. The number of benzene rings is 2. The molecule has 0 aromatic heterocycles. The van der Waals surface area contributed by atoms with Gasteiger partial charge in [-0.15, -0.1) is 0 Å². The molecule has 0 aliphatic heterocycles. The van der Waals surface area contributed by atoms with Crippen LogP contribution in [0.3, 0.4) is 0 Å². The topological polar surface area (TPSA) is 38.8 Å². The first kappa shape index (κ1) is 17.9. The SMILES string of the molecule is Cc1ccc(OCCN(C)C(=O)C(C)Oc2ccc(C)cc2)cc1. The van der Waals surface area contributed by atoms with Crippen LogP contribution in [-0.2, 0) is 4.79 Å². The summed E-state index contributed by atoms with van der Waals surface area (Å²) in [5, 5.41) is 0. The van der Waals surface area contributed by atoms with E-state index in [1.165, 1.54) is 5.56 Å². The van der Waals surface area contributed by atoms with E-state index in [2.05, 4.69) is 0 Å². The molecule has 1 atom stereocenters. The van der Waals surface area contributed by atoms with Crippen molar-refractivity contribution in [3.63, 3.8) is 0 Å². The molecule has 0 N–H and O–H groups in total. The number of ether oxygens (including phenoxy) is 2. The first-order chi connectivity index (χ1) is 11.5. The first-order valence-electron chi connectivity index (χ1n) is 8.13. The number of aryl methyl sites for hydroxylation is 2. The fourth-order valence-electron chi connectivity index (χ4n) is 2.23. The number of carbonyl (C=O) groups is 1. The molecule has 0 bridgehead atoms. The minimum atomic E-state index is -0.530. The van der Waals surface area contributed by atoms with Crippen molar-refractivity contribution in [1.29, 1.82) is 0 Å². The van der Waals surface area contributed by atoms with Crippen molar-refractivity contribution in [2.24, 2.45) is 0 Å². The number of carbonyl (C=O) groups excluding carboxylic acids is 1. The molecular weight excluding hydrogens is 302 g/mol. The van der Waals surface area contributed by atoms with Gasteiger partial charge < -0.3 is 14.4 Å². The molecule has 4 nitrogen and oxygen atoms in total. The lowest BCUT2D eigenvalue weighted by atomic mass is 10.2. The molecule has 1 amide bonds. The van der Waals surface area contributed by atoms with Crippen LogP contribution in [0.2, 0.25) is 0 Å². The van der Waals surface area contributed by atoms with Crippen LogP contribution in [0.5, 0.6) is 11.5 Å². The molecule has 0 radical (unpaired) electrons. The number of amides is 1. The highest BCUT2D eigenvalue weighted by Gasteiger charge is 2.19. The van der Waals surface area contributed by atoms with E-state index in [1.54, 1.807) is 18.9 Å². The number of rotatable bonds is 7. The van der Waals surface area contributed by atoms with Gasteiger partial charge in [0.25, 0.3) is 5.91 Å². The number of hydrogen-bond donors (Lipinski definition) is 0. The lowest BCUT2D eigenvalue weighted by Crippen LogP contribution is -2.39. The van der Waals surface area contributed by atoms with Gasteiger partial charge in [0.15, 0.2) is 6.10 Å². The molecule has 0 saturated carbocycles. The van der Waals surface area contributed by atoms with Crippen molar-refractivity contribution in [3.05, 3.63) is 59.7 Å². The molecular formula is C20H25NO3. The molecule has 0 aliphatic carbocycles. The summed E-state index contributed by atoms with van der Waals surface area (Å²) in [4.78, 5) is 14.0. The second-order valence-corrected chi connectivity index (χ2v) is 5.99. The van der Waals surface area contributed by atoms with E-state index in [-0.39, 0.29) is 5.91 Å². The molecule has 2 aromatic rings. The molecule has 1 unspecified atom stereocenters. The zero-order valence-electron chi connectivity index (χ0n) is 14.8. The molecule has 0 saturated heterocycles. The molecule has 2 rings (SSSR count). The Morgan fingerprint density at radius 1 is 0.958 bits per heavy atom. The maximum Gasteiger partial charge on any atom is 0.263 e. The average molecular weight is 327 g/mol. The third-order valence-corrected chi connectivity index (χ3v) is 3.77. The van der Waals surface area contributed by atoms with Gasteiger partial charge in [-0.05, 0) is 45.0 Å². The highest BCUT2D eigenvalue weighted by Crippen LogP contribution is 2.14. The maximum absolute atomic E-state index is 12.3. The Hall–Kier alpha value is -2.49. The summed E-state index contributed by atoms with van der Waals surface area (Å²) < 4.78 is 11.4. The summed E-state index contributed by atoms with van der Waals surface area (Å²) in [6.07, 6.45) is -0.530. The normalized spacial score (nSPS) is 11.7. The number of nitrogens with zero attached hydrogens (tertiary/aromatic N) is 1. The lowest BCUT2D eigenvalue weighted by molar-refractivity contribution is -0.136. The van der Waals surface area contributed by atoms with Crippen molar-refractivity contribution in [2.45, 2.75) is 26.9 Å². The molecule has 0 aliphatic rings. The van der Waals surface area contributed by atoms with Gasteiger partial charge in [-0.1, -0.05) is 35.4 Å². The van der Waals surface area contributed by atoms with E-state index >= 15 is 0 Å². The third kappa shape index (κ3) is 5.30. The third-order valence-electron chi connectivity index (χ3n) is 3.77. The fraction of sp³-hybridized carbons (Fsp3) is 0.350. The summed E-state index contributed by atoms with van der Waals surface area (Å²) in [7, 11) is 1.76. The van der Waals surface area contributed by atoms with Gasteiger partial charge in [-0.2, -0.15) is 0 Å². The Kier molecular flexibility index (Phi) is 6.24. The Morgan fingerprint density at radius 2 is 1.46 bits per heavy atom. The quantitative estimate of drug-likeness (QED) is 0.780. The van der Waals surface area contributed by atoms with Gasteiger partial charge in [-0.25, -0.2) is 0 Å². The molecule has 128 valence electrons. The van der Waals surface area contributed by atoms with E-state index in [0.717, 1.165) is 11.3 Å². The summed E-state index contributed by atoms with van der Waals surface area (Å²) in [6, 6.07) is 15.5. The fourth-order valence-corrected chi connectivity index (χ4v) is 2.23. The van der Waals surface area contributed by atoms with Crippen molar-refractivity contribution in [1.82, 2.24) is 4.90 Å². The van der Waals surface area contributed by atoms with E-state index in [0.29, 0.717) is 18.9 Å². The second-order valence-electron chi connectivity index (χ2n) is 5.99. The largest absolute Gasteiger partial charge is 0.492 e. The van der Waals surface area contributed by atoms with Gasteiger partial charge in [0.1, 0.15) is 18.1 Å². The van der Waals surface area contributed by atoms with E-state index in [9.17, 15) is 4.79 Å².